The molecule has 6 nitrogen and oxygen atoms in total. The standard InChI is InChI=1S/C13H17N3O3/c1-4-5-6-7-13(18)16(3)9-12(17)14-11-8-10(2)19-15-11/h4-8H,9H2,1-3H3,(H,14,15,17)/b5-4+,7-6+. The molecule has 0 aliphatic carbocycles. The summed E-state index contributed by atoms with van der Waals surface area (Å²) >= 11 is 0. The molecule has 1 aromatic heterocycles. The van der Waals surface area contributed by atoms with Crippen molar-refractivity contribution in [3.8, 4) is 0 Å². The van der Waals surface area contributed by atoms with E-state index < -0.39 is 0 Å². The third-order valence-corrected chi connectivity index (χ3v) is 2.19. The number of carbonyl (C=O) groups is 2. The van der Waals surface area contributed by atoms with Crippen LogP contribution in [0.2, 0.25) is 0 Å². The number of likely N-dealkylation sites (N-methyl/N-ethyl adjacent to an activating group) is 1. The summed E-state index contributed by atoms with van der Waals surface area (Å²) in [5, 5.41) is 6.18. The second-order valence-electron chi connectivity index (χ2n) is 3.95. The van der Waals surface area contributed by atoms with Gasteiger partial charge in [-0.25, -0.2) is 0 Å². The van der Waals surface area contributed by atoms with Crippen molar-refractivity contribution in [2.24, 2.45) is 0 Å². The van der Waals surface area contributed by atoms with Crippen LogP contribution < -0.4 is 5.32 Å². The van der Waals surface area contributed by atoms with Gasteiger partial charge in [0.2, 0.25) is 11.8 Å². The Morgan fingerprint density at radius 2 is 2.21 bits per heavy atom. The zero-order valence-corrected chi connectivity index (χ0v) is 11.2. The number of hydrogen-bond acceptors (Lipinski definition) is 4. The van der Waals surface area contributed by atoms with Crippen LogP contribution >= 0.6 is 0 Å². The third-order valence-electron chi connectivity index (χ3n) is 2.19. The molecule has 0 aromatic carbocycles. The maximum absolute atomic E-state index is 11.6. The van der Waals surface area contributed by atoms with E-state index in [1.807, 2.05) is 13.0 Å². The Labute approximate surface area is 111 Å². The molecule has 2 amide bonds. The normalized spacial score (nSPS) is 11.1. The van der Waals surface area contributed by atoms with E-state index in [0.29, 0.717) is 11.6 Å². The zero-order valence-electron chi connectivity index (χ0n) is 11.2. The molecule has 0 atom stereocenters. The molecule has 0 bridgehead atoms. The topological polar surface area (TPSA) is 75.4 Å². The van der Waals surface area contributed by atoms with Gasteiger partial charge in [-0.1, -0.05) is 23.4 Å². The van der Waals surface area contributed by atoms with E-state index in [-0.39, 0.29) is 18.4 Å². The molecule has 0 aliphatic rings. The molecule has 102 valence electrons. The summed E-state index contributed by atoms with van der Waals surface area (Å²) in [7, 11) is 1.55. The van der Waals surface area contributed by atoms with E-state index in [0.717, 1.165) is 0 Å². The largest absolute Gasteiger partial charge is 0.360 e. The maximum Gasteiger partial charge on any atom is 0.246 e. The van der Waals surface area contributed by atoms with Gasteiger partial charge in [-0.3, -0.25) is 9.59 Å². The lowest BCUT2D eigenvalue weighted by Crippen LogP contribution is -2.33. The smallest absolute Gasteiger partial charge is 0.246 e. The fourth-order valence-electron chi connectivity index (χ4n) is 1.28. The lowest BCUT2D eigenvalue weighted by atomic mass is 10.4. The summed E-state index contributed by atoms with van der Waals surface area (Å²) in [6.45, 7) is 3.53. The van der Waals surface area contributed by atoms with Crippen LogP contribution in [0.15, 0.2) is 34.9 Å². The number of nitrogens with one attached hydrogen (secondary N) is 1. The molecule has 0 radical (unpaired) electrons. The van der Waals surface area contributed by atoms with Crippen molar-refractivity contribution in [1.82, 2.24) is 10.1 Å². The van der Waals surface area contributed by atoms with Gasteiger partial charge in [0.25, 0.3) is 0 Å². The Kier molecular flexibility index (Phi) is 5.53. The van der Waals surface area contributed by atoms with Crippen molar-refractivity contribution in [3.63, 3.8) is 0 Å². The number of aryl methyl sites for hydroxylation is 1. The summed E-state index contributed by atoms with van der Waals surface area (Å²) in [5.74, 6) is 0.370. The minimum absolute atomic E-state index is 0.0507. The molecule has 0 aliphatic heterocycles. The van der Waals surface area contributed by atoms with Crippen LogP contribution in [0.5, 0.6) is 0 Å². The molecule has 0 saturated heterocycles. The van der Waals surface area contributed by atoms with Crippen LogP contribution in [0.1, 0.15) is 12.7 Å². The molecule has 1 heterocycles. The van der Waals surface area contributed by atoms with Gasteiger partial charge >= 0.3 is 0 Å². The summed E-state index contributed by atoms with van der Waals surface area (Å²) in [6.07, 6.45) is 6.57. The molecule has 6 heteroatoms. The summed E-state index contributed by atoms with van der Waals surface area (Å²) in [6, 6.07) is 1.60. The van der Waals surface area contributed by atoms with Crippen LogP contribution in [0.4, 0.5) is 5.82 Å². The van der Waals surface area contributed by atoms with Crippen LogP contribution in [0.25, 0.3) is 0 Å². The highest BCUT2D eigenvalue weighted by Gasteiger charge is 2.11. The van der Waals surface area contributed by atoms with Gasteiger partial charge in [-0.15, -0.1) is 0 Å². The van der Waals surface area contributed by atoms with E-state index in [1.165, 1.54) is 11.0 Å². The number of anilines is 1. The highest BCUT2D eigenvalue weighted by atomic mass is 16.5. The van der Waals surface area contributed by atoms with Crippen molar-refractivity contribution >= 4 is 17.6 Å². The van der Waals surface area contributed by atoms with Gasteiger partial charge in [0, 0.05) is 19.2 Å². The van der Waals surface area contributed by atoms with Gasteiger partial charge < -0.3 is 14.7 Å². The quantitative estimate of drug-likeness (QED) is 0.645. The zero-order chi connectivity index (χ0) is 14.3. The average molecular weight is 263 g/mol. The number of carbonyl (C=O) groups excluding carboxylic acids is 2. The van der Waals surface area contributed by atoms with E-state index in [4.69, 9.17) is 4.52 Å². The minimum atomic E-state index is -0.330. The SMILES string of the molecule is C/C=C/C=C/C(=O)N(C)CC(=O)Nc1cc(C)on1. The molecule has 0 saturated carbocycles. The Morgan fingerprint density at radius 1 is 1.47 bits per heavy atom. The number of hydrogen-bond donors (Lipinski definition) is 1. The lowest BCUT2D eigenvalue weighted by molar-refractivity contribution is -0.129. The van der Waals surface area contributed by atoms with Gasteiger partial charge in [0.15, 0.2) is 5.82 Å². The van der Waals surface area contributed by atoms with Crippen molar-refractivity contribution in [2.45, 2.75) is 13.8 Å². The van der Waals surface area contributed by atoms with Crippen molar-refractivity contribution in [1.29, 1.82) is 0 Å². The molecule has 0 spiro atoms. The number of amides is 2. The Hall–Kier alpha value is -2.37. The Morgan fingerprint density at radius 3 is 2.79 bits per heavy atom. The van der Waals surface area contributed by atoms with E-state index in [2.05, 4.69) is 10.5 Å². The first-order valence-electron chi connectivity index (χ1n) is 5.80. The summed E-state index contributed by atoms with van der Waals surface area (Å²) in [4.78, 5) is 24.6. The van der Waals surface area contributed by atoms with Gasteiger partial charge in [0.1, 0.15) is 5.76 Å². The molecule has 0 unspecified atom stereocenters. The molecule has 19 heavy (non-hydrogen) atoms. The van der Waals surface area contributed by atoms with Crippen LogP contribution in [0.3, 0.4) is 0 Å². The first kappa shape index (κ1) is 14.7. The van der Waals surface area contributed by atoms with E-state index in [1.54, 1.807) is 32.2 Å². The summed E-state index contributed by atoms with van der Waals surface area (Å²) < 4.78 is 4.82. The summed E-state index contributed by atoms with van der Waals surface area (Å²) in [5.41, 5.74) is 0. The number of nitrogens with zero attached hydrogens (tertiary/aromatic N) is 2. The number of allylic oxidation sites excluding steroid dienone is 3. The molecule has 1 N–H and O–H groups in total. The highest BCUT2D eigenvalue weighted by molar-refractivity contribution is 5.96. The monoisotopic (exact) mass is 263 g/mol. The van der Waals surface area contributed by atoms with Crippen molar-refractivity contribution < 1.29 is 14.1 Å². The number of rotatable bonds is 5. The van der Waals surface area contributed by atoms with E-state index in [9.17, 15) is 9.59 Å². The third kappa shape index (κ3) is 5.20. The van der Waals surface area contributed by atoms with Crippen molar-refractivity contribution in [3.05, 3.63) is 36.1 Å². The predicted molar refractivity (Wildman–Crippen MR) is 71.5 cm³/mol. The first-order chi connectivity index (χ1) is 9.02. The molecule has 0 fully saturated rings. The average Bonchev–Trinajstić information content (AvgIpc) is 2.74. The predicted octanol–water partition coefficient (Wildman–Crippen LogP) is 1.51. The van der Waals surface area contributed by atoms with E-state index >= 15 is 0 Å². The molecule has 1 aromatic rings. The minimum Gasteiger partial charge on any atom is -0.360 e. The second-order valence-corrected chi connectivity index (χ2v) is 3.95. The Balaban J connectivity index is 2.45. The van der Waals surface area contributed by atoms with Crippen LogP contribution in [0, 0.1) is 6.92 Å². The van der Waals surface area contributed by atoms with Crippen LogP contribution in [-0.4, -0.2) is 35.5 Å². The fraction of sp³-hybridized carbons (Fsp3) is 0.308. The first-order valence-corrected chi connectivity index (χ1v) is 5.80. The lowest BCUT2D eigenvalue weighted by Gasteiger charge is -2.13. The Bertz CT molecular complexity index is 503. The molecule has 1 rings (SSSR count). The fourth-order valence-corrected chi connectivity index (χ4v) is 1.28. The molecular formula is C13H17N3O3. The van der Waals surface area contributed by atoms with Gasteiger partial charge in [-0.05, 0) is 13.8 Å². The van der Waals surface area contributed by atoms with Crippen molar-refractivity contribution in [2.75, 3.05) is 18.9 Å². The van der Waals surface area contributed by atoms with Crippen LogP contribution in [-0.2, 0) is 9.59 Å². The molecular weight excluding hydrogens is 246 g/mol. The van der Waals surface area contributed by atoms with Gasteiger partial charge in [-0.2, -0.15) is 0 Å². The second kappa shape index (κ2) is 7.15. The number of aromatic nitrogens is 1. The highest BCUT2D eigenvalue weighted by Crippen LogP contribution is 2.06. The maximum atomic E-state index is 11.6. The van der Waals surface area contributed by atoms with Gasteiger partial charge in [0.05, 0.1) is 6.54 Å².